The summed E-state index contributed by atoms with van der Waals surface area (Å²) in [6.07, 6.45) is 9.71. The van der Waals surface area contributed by atoms with E-state index in [1.807, 2.05) is 18.2 Å². The van der Waals surface area contributed by atoms with Gasteiger partial charge in [0.05, 0.1) is 26.0 Å². The summed E-state index contributed by atoms with van der Waals surface area (Å²) in [5.41, 5.74) is 0.919. The minimum Gasteiger partial charge on any atom is -0.493 e. The molecule has 4 rings (SSSR count). The van der Waals surface area contributed by atoms with E-state index >= 15 is 0 Å². The van der Waals surface area contributed by atoms with Gasteiger partial charge in [-0.15, -0.1) is 5.10 Å². The van der Waals surface area contributed by atoms with E-state index in [4.69, 9.17) is 14.2 Å². The molecule has 12 heteroatoms. The molecule has 0 spiro atoms. The van der Waals surface area contributed by atoms with Gasteiger partial charge in [0.15, 0.2) is 11.5 Å². The highest BCUT2D eigenvalue weighted by Crippen LogP contribution is 2.36. The van der Waals surface area contributed by atoms with Crippen molar-refractivity contribution in [1.82, 2.24) is 24.5 Å². The van der Waals surface area contributed by atoms with Gasteiger partial charge in [0, 0.05) is 31.0 Å². The molecule has 0 radical (unpaired) electrons. The minimum atomic E-state index is -0.678. The van der Waals surface area contributed by atoms with Crippen LogP contribution in [0, 0.1) is 6.92 Å². The third-order valence-electron chi connectivity index (χ3n) is 7.59. The van der Waals surface area contributed by atoms with Gasteiger partial charge in [-0.25, -0.2) is 9.48 Å². The molecule has 42 heavy (non-hydrogen) atoms. The quantitative estimate of drug-likeness (QED) is 0.242. The number of aliphatic hydroxyl groups excluding tert-OH is 1. The number of nitrogens with zero attached hydrogens (tertiary/aromatic N) is 4. The van der Waals surface area contributed by atoms with Crippen LogP contribution in [0.15, 0.2) is 40.2 Å². The number of aliphatic hydroxyl groups is 1. The van der Waals surface area contributed by atoms with Crippen LogP contribution in [-0.2, 0) is 22.6 Å². The third kappa shape index (κ3) is 7.95. The number of benzene rings is 1. The number of rotatable bonds is 16. The van der Waals surface area contributed by atoms with Crippen molar-refractivity contribution < 1.29 is 24.1 Å². The van der Waals surface area contributed by atoms with Gasteiger partial charge in [-0.1, -0.05) is 43.9 Å². The summed E-state index contributed by atoms with van der Waals surface area (Å²) >= 11 is 0. The molecule has 2 N–H and O–H groups in total. The molecular formula is C30H41N5O7. The van der Waals surface area contributed by atoms with E-state index < -0.39 is 23.6 Å². The molecule has 0 amide bonds. The van der Waals surface area contributed by atoms with Crippen LogP contribution in [0.25, 0.3) is 0 Å². The van der Waals surface area contributed by atoms with E-state index in [0.717, 1.165) is 18.4 Å². The lowest BCUT2D eigenvalue weighted by atomic mass is 10.0. The highest BCUT2D eigenvalue weighted by atomic mass is 16.5. The second kappa shape index (κ2) is 14.9. The zero-order valence-corrected chi connectivity index (χ0v) is 24.6. The molecule has 1 aliphatic rings. The average molecular weight is 584 g/mol. The first-order valence-corrected chi connectivity index (χ1v) is 14.6. The van der Waals surface area contributed by atoms with Crippen LogP contribution in [0.2, 0.25) is 0 Å². The lowest BCUT2D eigenvalue weighted by Crippen LogP contribution is -2.33. The van der Waals surface area contributed by atoms with Crippen molar-refractivity contribution in [3.63, 3.8) is 0 Å². The van der Waals surface area contributed by atoms with E-state index in [1.165, 1.54) is 30.0 Å². The van der Waals surface area contributed by atoms with Crippen molar-refractivity contribution in [1.29, 1.82) is 0 Å². The zero-order valence-electron chi connectivity index (χ0n) is 24.6. The number of ether oxygens (including phenoxy) is 3. The van der Waals surface area contributed by atoms with Gasteiger partial charge < -0.3 is 19.3 Å². The van der Waals surface area contributed by atoms with Crippen LogP contribution in [-0.4, -0.2) is 55.3 Å². The largest absolute Gasteiger partial charge is 0.493 e. The van der Waals surface area contributed by atoms with Crippen molar-refractivity contribution in [3.8, 4) is 11.5 Å². The lowest BCUT2D eigenvalue weighted by molar-refractivity contribution is -0.119. The number of hydrogen-bond acceptors (Lipinski definition) is 9. The Hall–Kier alpha value is -3.77. The van der Waals surface area contributed by atoms with Gasteiger partial charge in [0.2, 0.25) is 0 Å². The lowest BCUT2D eigenvalue weighted by Gasteiger charge is -2.15. The Bertz CT molecular complexity index is 1450. The number of carbonyl (C=O) groups excluding carboxylic acids is 1. The summed E-state index contributed by atoms with van der Waals surface area (Å²) in [4.78, 5) is 38.6. The third-order valence-corrected chi connectivity index (χ3v) is 7.59. The van der Waals surface area contributed by atoms with Crippen molar-refractivity contribution >= 4 is 5.78 Å². The fourth-order valence-corrected chi connectivity index (χ4v) is 5.14. The summed E-state index contributed by atoms with van der Waals surface area (Å²) < 4.78 is 20.3. The van der Waals surface area contributed by atoms with E-state index in [2.05, 4.69) is 22.2 Å². The zero-order chi connectivity index (χ0) is 30.1. The van der Waals surface area contributed by atoms with Gasteiger partial charge in [-0.2, -0.15) is 0 Å². The van der Waals surface area contributed by atoms with Gasteiger partial charge in [0.25, 0.3) is 5.56 Å². The maximum Gasteiger partial charge on any atom is 0.330 e. The molecule has 3 heterocycles. The molecule has 2 aromatic heterocycles. The molecular weight excluding hydrogens is 542 g/mol. The molecule has 0 bridgehead atoms. The Morgan fingerprint density at radius 2 is 1.95 bits per heavy atom. The van der Waals surface area contributed by atoms with E-state index in [0.29, 0.717) is 48.4 Å². The second-order valence-electron chi connectivity index (χ2n) is 10.8. The average Bonchev–Trinajstić information content (AvgIpc) is 3.64. The number of hydrogen-bond donors (Lipinski definition) is 2. The van der Waals surface area contributed by atoms with Gasteiger partial charge in [-0.3, -0.25) is 19.1 Å². The fraction of sp³-hybridized carbons (Fsp3) is 0.567. The maximum absolute atomic E-state index is 12.3. The number of H-pyrrole nitrogens is 1. The summed E-state index contributed by atoms with van der Waals surface area (Å²) in [7, 11) is 1.57. The SMILES string of the molecule is CCCCCCCC(=O)CCc1ccc(OCc2cn([C@H]3C[C@H](n4cc(C)c(=O)[nH]c4=O)O[C@@H]3CO)nn2)c(OC)c1. The molecule has 1 saturated heterocycles. The number of aromatic amines is 1. The molecule has 1 aromatic carbocycles. The Morgan fingerprint density at radius 1 is 1.14 bits per heavy atom. The van der Waals surface area contributed by atoms with Crippen LogP contribution in [0.5, 0.6) is 11.5 Å². The van der Waals surface area contributed by atoms with Crippen molar-refractivity contribution in [2.45, 2.75) is 96.6 Å². The van der Waals surface area contributed by atoms with Crippen LogP contribution in [0.4, 0.5) is 0 Å². The van der Waals surface area contributed by atoms with Crippen molar-refractivity contribution in [3.05, 3.63) is 68.3 Å². The monoisotopic (exact) mass is 583 g/mol. The molecule has 12 nitrogen and oxygen atoms in total. The Morgan fingerprint density at radius 3 is 2.71 bits per heavy atom. The van der Waals surface area contributed by atoms with Crippen molar-refractivity contribution in [2.75, 3.05) is 13.7 Å². The van der Waals surface area contributed by atoms with Gasteiger partial charge in [0.1, 0.15) is 30.4 Å². The van der Waals surface area contributed by atoms with Crippen LogP contribution < -0.4 is 20.7 Å². The first-order chi connectivity index (χ1) is 20.3. The smallest absolute Gasteiger partial charge is 0.330 e. The van der Waals surface area contributed by atoms with Crippen LogP contribution in [0.1, 0.15) is 87.4 Å². The van der Waals surface area contributed by atoms with Crippen molar-refractivity contribution in [2.24, 2.45) is 0 Å². The second-order valence-corrected chi connectivity index (χ2v) is 10.8. The van der Waals surface area contributed by atoms with Gasteiger partial charge >= 0.3 is 5.69 Å². The van der Waals surface area contributed by atoms with Crippen LogP contribution >= 0.6 is 0 Å². The van der Waals surface area contributed by atoms with E-state index in [1.54, 1.807) is 24.9 Å². The number of carbonyl (C=O) groups is 1. The summed E-state index contributed by atoms with van der Waals surface area (Å²) in [6, 6.07) is 5.28. The first kappa shape index (κ1) is 31.2. The Balaban J connectivity index is 1.32. The number of aryl methyl sites for hydroxylation is 2. The normalized spacial score (nSPS) is 18.3. The fourth-order valence-electron chi connectivity index (χ4n) is 5.14. The number of unbranched alkanes of at least 4 members (excludes halogenated alkanes) is 4. The summed E-state index contributed by atoms with van der Waals surface area (Å²) in [5, 5.41) is 18.3. The molecule has 0 unspecified atom stereocenters. The molecule has 3 atom stereocenters. The molecule has 228 valence electrons. The maximum atomic E-state index is 12.3. The topological polar surface area (TPSA) is 151 Å². The minimum absolute atomic E-state index is 0.131. The molecule has 0 aliphatic carbocycles. The number of aromatic nitrogens is 5. The number of ketones is 1. The van der Waals surface area contributed by atoms with Crippen LogP contribution in [0.3, 0.4) is 0 Å². The number of methoxy groups -OCH3 is 1. The predicted molar refractivity (Wildman–Crippen MR) is 155 cm³/mol. The molecule has 0 saturated carbocycles. The highest BCUT2D eigenvalue weighted by molar-refractivity contribution is 5.78. The molecule has 1 aliphatic heterocycles. The first-order valence-electron chi connectivity index (χ1n) is 14.6. The summed E-state index contributed by atoms with van der Waals surface area (Å²) in [6.45, 7) is 3.64. The standard InChI is InChI=1S/C30H41N5O7/c1-4-5-6-7-8-9-23(37)12-10-21-11-13-25(26(14-21)40-3)41-19-22-17-35(33-32-22)24-15-28(42-27(24)18-36)34-16-20(2)29(38)31-30(34)39/h11,13-14,16-17,24,27-28,36H,4-10,12,15,18-19H2,1-3H3,(H,31,38,39)/t24-,27+,28+/m0/s1. The number of Topliss-reactive ketones (excluding diaryl/α,β-unsaturated/α-hetero) is 1. The highest BCUT2D eigenvalue weighted by Gasteiger charge is 2.38. The molecule has 3 aromatic rings. The van der Waals surface area contributed by atoms with E-state index in [-0.39, 0.29) is 25.0 Å². The number of nitrogens with one attached hydrogen (secondary N) is 1. The predicted octanol–water partition coefficient (Wildman–Crippen LogP) is 3.41. The van der Waals surface area contributed by atoms with Gasteiger partial charge in [-0.05, 0) is 37.5 Å². The summed E-state index contributed by atoms with van der Waals surface area (Å²) in [5.74, 6) is 1.40. The Kier molecular flexibility index (Phi) is 11.1. The van der Waals surface area contributed by atoms with E-state index in [9.17, 15) is 19.5 Å². The molecule has 1 fully saturated rings. The Labute approximate surface area is 244 Å².